The topological polar surface area (TPSA) is 50.8 Å². The van der Waals surface area contributed by atoms with E-state index in [1.165, 1.54) is 0 Å². The van der Waals surface area contributed by atoms with Crippen LogP contribution in [0.25, 0.3) is 0 Å². The predicted octanol–water partition coefficient (Wildman–Crippen LogP) is 2.16. The summed E-state index contributed by atoms with van der Waals surface area (Å²) in [6.45, 7) is 3.22. The lowest BCUT2D eigenvalue weighted by Crippen LogP contribution is -2.35. The van der Waals surface area contributed by atoms with Crippen LogP contribution in [0, 0.1) is 0 Å². The fourth-order valence-electron chi connectivity index (χ4n) is 3.13. The highest BCUT2D eigenvalue weighted by atomic mass is 16.6. The number of carbonyl (C=O) groups excluding carboxylic acids is 1. The van der Waals surface area contributed by atoms with Crippen LogP contribution in [0.15, 0.2) is 24.3 Å². The summed E-state index contributed by atoms with van der Waals surface area (Å²) in [5.41, 5.74) is 0.809. The monoisotopic (exact) mass is 290 g/mol. The molecule has 2 heterocycles. The van der Waals surface area contributed by atoms with E-state index in [0.29, 0.717) is 13.1 Å². The van der Waals surface area contributed by atoms with Crippen LogP contribution in [0.2, 0.25) is 0 Å². The summed E-state index contributed by atoms with van der Waals surface area (Å²) in [5.74, 6) is 0.828. The molecule has 2 saturated heterocycles. The van der Waals surface area contributed by atoms with E-state index >= 15 is 0 Å². The standard InChI is InChI=1S/C16H22N2O3/c1-20-14-5-3-13(4-6-14)11-18-12-16(21-15(18)19)7-2-9-17-10-8-16/h3-6,17H,2,7-12H2,1H3. The van der Waals surface area contributed by atoms with Gasteiger partial charge in [0.05, 0.1) is 13.7 Å². The third-order valence-electron chi connectivity index (χ3n) is 4.32. The molecule has 0 bridgehead atoms. The number of hydrogen-bond acceptors (Lipinski definition) is 4. The van der Waals surface area contributed by atoms with Crippen LogP contribution in [-0.4, -0.2) is 43.3 Å². The molecule has 1 aromatic carbocycles. The summed E-state index contributed by atoms with van der Waals surface area (Å²) in [6.07, 6.45) is 2.72. The van der Waals surface area contributed by atoms with Gasteiger partial charge in [-0.3, -0.25) is 4.90 Å². The smallest absolute Gasteiger partial charge is 0.410 e. The van der Waals surface area contributed by atoms with Gasteiger partial charge < -0.3 is 14.8 Å². The molecule has 1 spiro atoms. The second-order valence-electron chi connectivity index (χ2n) is 5.86. The van der Waals surface area contributed by atoms with Gasteiger partial charge in [-0.05, 0) is 43.6 Å². The quantitative estimate of drug-likeness (QED) is 0.927. The maximum absolute atomic E-state index is 12.1. The molecule has 0 radical (unpaired) electrons. The second-order valence-corrected chi connectivity index (χ2v) is 5.86. The van der Waals surface area contributed by atoms with Crippen LogP contribution in [0.5, 0.6) is 5.75 Å². The molecular weight excluding hydrogens is 268 g/mol. The summed E-state index contributed by atoms with van der Waals surface area (Å²) < 4.78 is 10.9. The summed E-state index contributed by atoms with van der Waals surface area (Å²) in [6, 6.07) is 7.82. The van der Waals surface area contributed by atoms with E-state index in [0.717, 1.165) is 43.7 Å². The summed E-state index contributed by atoms with van der Waals surface area (Å²) in [7, 11) is 1.65. The van der Waals surface area contributed by atoms with Crippen LogP contribution >= 0.6 is 0 Å². The Labute approximate surface area is 125 Å². The maximum Gasteiger partial charge on any atom is 0.410 e. The molecule has 1 amide bonds. The zero-order valence-electron chi connectivity index (χ0n) is 12.4. The van der Waals surface area contributed by atoms with Gasteiger partial charge in [-0.2, -0.15) is 0 Å². The molecule has 2 fully saturated rings. The average molecular weight is 290 g/mol. The minimum atomic E-state index is -0.285. The average Bonchev–Trinajstić information content (AvgIpc) is 2.66. The molecule has 2 aliphatic heterocycles. The Balaban J connectivity index is 1.66. The molecule has 1 aromatic rings. The molecule has 0 aliphatic carbocycles. The first-order valence-corrected chi connectivity index (χ1v) is 7.52. The van der Waals surface area contributed by atoms with Gasteiger partial charge in [0.2, 0.25) is 0 Å². The lowest BCUT2D eigenvalue weighted by atomic mass is 9.95. The number of ether oxygens (including phenoxy) is 2. The van der Waals surface area contributed by atoms with Crippen LogP contribution in [-0.2, 0) is 11.3 Å². The molecule has 1 N–H and O–H groups in total. The fourth-order valence-corrected chi connectivity index (χ4v) is 3.13. The highest BCUT2D eigenvalue weighted by Crippen LogP contribution is 2.32. The van der Waals surface area contributed by atoms with Crippen LogP contribution < -0.4 is 10.1 Å². The van der Waals surface area contributed by atoms with Crippen LogP contribution in [0.4, 0.5) is 4.79 Å². The molecule has 3 rings (SSSR count). The third kappa shape index (κ3) is 3.13. The van der Waals surface area contributed by atoms with Crippen molar-refractivity contribution in [3.05, 3.63) is 29.8 Å². The summed E-state index contributed by atoms with van der Waals surface area (Å²) >= 11 is 0. The van der Waals surface area contributed by atoms with Crippen molar-refractivity contribution >= 4 is 6.09 Å². The molecule has 1 atom stereocenters. The number of benzene rings is 1. The van der Waals surface area contributed by atoms with E-state index in [-0.39, 0.29) is 11.7 Å². The van der Waals surface area contributed by atoms with Gasteiger partial charge in [0.1, 0.15) is 11.4 Å². The molecule has 5 heteroatoms. The normalized spacial score (nSPS) is 25.8. The molecule has 1 unspecified atom stereocenters. The van der Waals surface area contributed by atoms with Gasteiger partial charge in [0.25, 0.3) is 0 Å². The van der Waals surface area contributed by atoms with E-state index < -0.39 is 0 Å². The van der Waals surface area contributed by atoms with E-state index in [4.69, 9.17) is 9.47 Å². The highest BCUT2D eigenvalue weighted by molar-refractivity contribution is 5.70. The molecule has 2 aliphatic rings. The van der Waals surface area contributed by atoms with E-state index in [9.17, 15) is 4.79 Å². The van der Waals surface area contributed by atoms with Gasteiger partial charge in [0.15, 0.2) is 0 Å². The first-order valence-electron chi connectivity index (χ1n) is 7.52. The Morgan fingerprint density at radius 3 is 2.86 bits per heavy atom. The van der Waals surface area contributed by atoms with Gasteiger partial charge in [0, 0.05) is 13.0 Å². The lowest BCUT2D eigenvalue weighted by molar-refractivity contribution is 0.0469. The van der Waals surface area contributed by atoms with Crippen molar-refractivity contribution in [2.24, 2.45) is 0 Å². The number of carbonyl (C=O) groups is 1. The van der Waals surface area contributed by atoms with Gasteiger partial charge in [-0.15, -0.1) is 0 Å². The minimum absolute atomic E-state index is 0.187. The molecule has 0 saturated carbocycles. The minimum Gasteiger partial charge on any atom is -0.497 e. The Bertz CT molecular complexity index is 493. The number of hydrogen-bond donors (Lipinski definition) is 1. The predicted molar refractivity (Wildman–Crippen MR) is 79.3 cm³/mol. The van der Waals surface area contributed by atoms with Crippen molar-refractivity contribution in [3.8, 4) is 5.75 Å². The Morgan fingerprint density at radius 1 is 1.29 bits per heavy atom. The number of rotatable bonds is 3. The van der Waals surface area contributed by atoms with Crippen molar-refractivity contribution in [2.45, 2.75) is 31.4 Å². The van der Waals surface area contributed by atoms with E-state index in [2.05, 4.69) is 5.32 Å². The van der Waals surface area contributed by atoms with Crippen molar-refractivity contribution in [1.82, 2.24) is 10.2 Å². The van der Waals surface area contributed by atoms with Crippen LogP contribution in [0.3, 0.4) is 0 Å². The molecule has 21 heavy (non-hydrogen) atoms. The largest absolute Gasteiger partial charge is 0.497 e. The summed E-state index contributed by atoms with van der Waals surface area (Å²) in [4.78, 5) is 14.0. The highest BCUT2D eigenvalue weighted by Gasteiger charge is 2.44. The van der Waals surface area contributed by atoms with E-state index in [1.54, 1.807) is 7.11 Å². The maximum atomic E-state index is 12.1. The first kappa shape index (κ1) is 14.2. The number of nitrogens with one attached hydrogen (secondary N) is 1. The number of amides is 1. The second kappa shape index (κ2) is 5.93. The molecule has 5 nitrogen and oxygen atoms in total. The van der Waals surface area contributed by atoms with Crippen molar-refractivity contribution < 1.29 is 14.3 Å². The first-order chi connectivity index (χ1) is 10.2. The van der Waals surface area contributed by atoms with Crippen molar-refractivity contribution in [2.75, 3.05) is 26.7 Å². The molecule has 0 aromatic heterocycles. The zero-order chi connectivity index (χ0) is 14.7. The fraction of sp³-hybridized carbons (Fsp3) is 0.562. The van der Waals surface area contributed by atoms with E-state index in [1.807, 2.05) is 29.2 Å². The Hall–Kier alpha value is -1.75. The third-order valence-corrected chi connectivity index (χ3v) is 4.32. The SMILES string of the molecule is COc1ccc(CN2CC3(CCCNCC3)OC2=O)cc1. The Kier molecular flexibility index (Phi) is 4.01. The zero-order valence-corrected chi connectivity index (χ0v) is 12.4. The lowest BCUT2D eigenvalue weighted by Gasteiger charge is -2.24. The van der Waals surface area contributed by atoms with Crippen molar-refractivity contribution in [1.29, 1.82) is 0 Å². The van der Waals surface area contributed by atoms with Crippen LogP contribution in [0.1, 0.15) is 24.8 Å². The van der Waals surface area contributed by atoms with Crippen molar-refractivity contribution in [3.63, 3.8) is 0 Å². The van der Waals surface area contributed by atoms with Gasteiger partial charge >= 0.3 is 6.09 Å². The number of nitrogens with zero attached hydrogens (tertiary/aromatic N) is 1. The Morgan fingerprint density at radius 2 is 2.10 bits per heavy atom. The molecular formula is C16H22N2O3. The summed E-state index contributed by atoms with van der Waals surface area (Å²) in [5, 5.41) is 3.37. The molecule has 114 valence electrons. The van der Waals surface area contributed by atoms with Gasteiger partial charge in [-0.1, -0.05) is 12.1 Å². The van der Waals surface area contributed by atoms with Gasteiger partial charge in [-0.25, -0.2) is 4.79 Å². The number of methoxy groups -OCH3 is 1.